The molecule has 1 aromatic carbocycles. The van der Waals surface area contributed by atoms with E-state index in [1.165, 1.54) is 7.11 Å². The van der Waals surface area contributed by atoms with Crippen molar-refractivity contribution in [2.75, 3.05) is 7.11 Å². The van der Waals surface area contributed by atoms with Gasteiger partial charge in [-0.25, -0.2) is 4.98 Å². The Morgan fingerprint density at radius 1 is 1.24 bits per heavy atom. The summed E-state index contributed by atoms with van der Waals surface area (Å²) >= 11 is 5.31. The number of nitrogens with zero attached hydrogens (tertiary/aromatic N) is 2. The third-order valence-electron chi connectivity index (χ3n) is 5.26. The molecule has 152 valence electrons. The molecule has 0 spiro atoms. The maximum absolute atomic E-state index is 13.9. The molecule has 1 aliphatic carbocycles. The summed E-state index contributed by atoms with van der Waals surface area (Å²) in [5.41, 5.74) is -1.37. The van der Waals surface area contributed by atoms with Crippen LogP contribution in [0.3, 0.4) is 0 Å². The molecule has 9 heteroatoms. The lowest BCUT2D eigenvalue weighted by Gasteiger charge is -2.20. The molecule has 0 radical (unpaired) electrons. The molecule has 2 aromatic heterocycles. The Balaban J connectivity index is 2.10. The number of fused-ring (bicyclic) bond motifs is 1. The van der Waals surface area contributed by atoms with Gasteiger partial charge in [-0.15, -0.1) is 0 Å². The van der Waals surface area contributed by atoms with Crippen LogP contribution in [-0.4, -0.2) is 21.6 Å². The first-order chi connectivity index (χ1) is 13.8. The van der Waals surface area contributed by atoms with Gasteiger partial charge in [-0.3, -0.25) is 14.3 Å². The maximum atomic E-state index is 13.9. The Kier molecular flexibility index (Phi) is 4.94. The molecule has 4 rings (SSSR count). The van der Waals surface area contributed by atoms with E-state index in [1.807, 2.05) is 0 Å². The van der Waals surface area contributed by atoms with Crippen molar-refractivity contribution in [3.63, 3.8) is 0 Å². The van der Waals surface area contributed by atoms with E-state index in [0.29, 0.717) is 11.3 Å². The smallest absolute Gasteiger partial charge is 0.417 e. The molecule has 0 aliphatic heterocycles. The molecule has 0 atom stereocenters. The Morgan fingerprint density at radius 3 is 2.62 bits per heavy atom. The predicted molar refractivity (Wildman–Crippen MR) is 106 cm³/mol. The molecule has 1 saturated carbocycles. The van der Waals surface area contributed by atoms with Gasteiger partial charge in [0.1, 0.15) is 11.4 Å². The number of benzene rings is 1. The number of ether oxygens (including phenoxy) is 1. The van der Waals surface area contributed by atoms with Crippen LogP contribution in [0.1, 0.15) is 37.3 Å². The quantitative estimate of drug-likeness (QED) is 0.586. The van der Waals surface area contributed by atoms with Crippen molar-refractivity contribution in [1.82, 2.24) is 14.5 Å². The zero-order chi connectivity index (χ0) is 20.8. The van der Waals surface area contributed by atoms with Crippen LogP contribution in [0.2, 0.25) is 0 Å². The van der Waals surface area contributed by atoms with E-state index in [4.69, 9.17) is 17.0 Å². The molecule has 1 fully saturated rings. The van der Waals surface area contributed by atoms with Gasteiger partial charge in [0.25, 0.3) is 5.56 Å². The zero-order valence-electron chi connectivity index (χ0n) is 15.5. The summed E-state index contributed by atoms with van der Waals surface area (Å²) in [5, 5.41) is -0.482. The first kappa shape index (κ1) is 19.6. The Morgan fingerprint density at radius 2 is 1.97 bits per heavy atom. The van der Waals surface area contributed by atoms with Crippen molar-refractivity contribution >= 4 is 23.3 Å². The molecule has 0 bridgehead atoms. The molecular weight excluding hydrogens is 403 g/mol. The van der Waals surface area contributed by atoms with Crippen LogP contribution in [0.15, 0.2) is 35.1 Å². The monoisotopic (exact) mass is 421 g/mol. The van der Waals surface area contributed by atoms with Crippen LogP contribution < -0.4 is 10.3 Å². The van der Waals surface area contributed by atoms with Crippen LogP contribution in [0.5, 0.6) is 5.75 Å². The normalized spacial score (nSPS) is 15.2. The minimum Gasteiger partial charge on any atom is -0.497 e. The van der Waals surface area contributed by atoms with Gasteiger partial charge >= 0.3 is 6.18 Å². The summed E-state index contributed by atoms with van der Waals surface area (Å²) in [7, 11) is 1.48. The minimum absolute atomic E-state index is 0.0294. The van der Waals surface area contributed by atoms with Gasteiger partial charge in [-0.2, -0.15) is 13.2 Å². The van der Waals surface area contributed by atoms with Gasteiger partial charge in [0.15, 0.2) is 4.77 Å². The largest absolute Gasteiger partial charge is 0.497 e. The minimum atomic E-state index is -4.72. The van der Waals surface area contributed by atoms with Crippen LogP contribution in [0, 0.1) is 4.77 Å². The standard InChI is InChI=1S/C20H18F3N3O2S/c1-28-13-8-4-5-11(9-13)15-10-14(20(21,22)23)16-17(24-15)26(12-6-2-3-7-12)19(29)25-18(16)27/h4-5,8-10,12H,2-3,6-7H2,1H3,(H,25,27,29). The molecule has 0 unspecified atom stereocenters. The summed E-state index contributed by atoms with van der Waals surface area (Å²) in [5.74, 6) is 0.497. The van der Waals surface area contributed by atoms with Gasteiger partial charge in [-0.1, -0.05) is 25.0 Å². The van der Waals surface area contributed by atoms with Crippen molar-refractivity contribution < 1.29 is 17.9 Å². The molecule has 0 amide bonds. The summed E-state index contributed by atoms with van der Waals surface area (Å²) in [6, 6.07) is 7.45. The second-order valence-corrected chi connectivity index (χ2v) is 7.44. The second-order valence-electron chi connectivity index (χ2n) is 7.05. The van der Waals surface area contributed by atoms with Crippen molar-refractivity contribution in [3.05, 3.63) is 51.0 Å². The SMILES string of the molecule is COc1cccc(-c2cc(C(F)(F)F)c3c(=O)[nH]c(=S)n(C4CCCC4)c3n2)c1. The van der Waals surface area contributed by atoms with Crippen molar-refractivity contribution in [3.8, 4) is 17.0 Å². The zero-order valence-corrected chi connectivity index (χ0v) is 16.4. The average Bonchev–Trinajstić information content (AvgIpc) is 3.20. The number of hydrogen-bond acceptors (Lipinski definition) is 4. The predicted octanol–water partition coefficient (Wildman–Crippen LogP) is 5.26. The van der Waals surface area contributed by atoms with Crippen LogP contribution in [0.4, 0.5) is 13.2 Å². The first-order valence-corrected chi connectivity index (χ1v) is 9.61. The highest BCUT2D eigenvalue weighted by Gasteiger charge is 2.36. The number of aromatic amines is 1. The van der Waals surface area contributed by atoms with Crippen molar-refractivity contribution in [2.24, 2.45) is 0 Å². The third kappa shape index (κ3) is 3.55. The Bertz CT molecular complexity index is 1190. The fraction of sp³-hybridized carbons (Fsp3) is 0.350. The maximum Gasteiger partial charge on any atom is 0.417 e. The fourth-order valence-corrected chi connectivity index (χ4v) is 4.23. The van der Waals surface area contributed by atoms with Crippen molar-refractivity contribution in [2.45, 2.75) is 37.9 Å². The van der Waals surface area contributed by atoms with Gasteiger partial charge in [0, 0.05) is 11.6 Å². The highest BCUT2D eigenvalue weighted by Crippen LogP contribution is 2.38. The van der Waals surface area contributed by atoms with E-state index >= 15 is 0 Å². The first-order valence-electron chi connectivity index (χ1n) is 9.21. The molecule has 0 saturated heterocycles. The average molecular weight is 421 g/mol. The molecule has 1 aliphatic rings. The van der Waals surface area contributed by atoms with Crippen LogP contribution in [0.25, 0.3) is 22.3 Å². The fourth-order valence-electron chi connectivity index (χ4n) is 3.90. The topological polar surface area (TPSA) is 59.9 Å². The third-order valence-corrected chi connectivity index (χ3v) is 5.55. The van der Waals surface area contributed by atoms with Gasteiger partial charge in [0.05, 0.1) is 23.8 Å². The molecule has 3 aromatic rings. The van der Waals surface area contributed by atoms with E-state index in [-0.39, 0.29) is 22.2 Å². The molecule has 1 N–H and O–H groups in total. The number of aromatic nitrogens is 3. The second kappa shape index (κ2) is 7.29. The molecule has 5 nitrogen and oxygen atoms in total. The van der Waals surface area contributed by atoms with Crippen molar-refractivity contribution in [1.29, 1.82) is 0 Å². The Hall–Kier alpha value is -2.68. The number of rotatable bonds is 3. The number of hydrogen-bond donors (Lipinski definition) is 1. The van der Waals surface area contributed by atoms with E-state index in [2.05, 4.69) is 9.97 Å². The van der Waals surface area contributed by atoms with E-state index in [9.17, 15) is 18.0 Å². The number of halogens is 3. The highest BCUT2D eigenvalue weighted by molar-refractivity contribution is 7.71. The number of pyridine rings is 1. The summed E-state index contributed by atoms with van der Waals surface area (Å²) in [6.45, 7) is 0. The number of alkyl halides is 3. The highest BCUT2D eigenvalue weighted by atomic mass is 32.1. The molecule has 29 heavy (non-hydrogen) atoms. The lowest BCUT2D eigenvalue weighted by molar-refractivity contribution is -0.136. The summed E-state index contributed by atoms with van der Waals surface area (Å²) in [6.07, 6.45) is -1.26. The molecular formula is C20H18F3N3O2S. The van der Waals surface area contributed by atoms with Crippen LogP contribution in [-0.2, 0) is 6.18 Å². The van der Waals surface area contributed by atoms with Gasteiger partial charge in [0.2, 0.25) is 0 Å². The van der Waals surface area contributed by atoms with Gasteiger partial charge < -0.3 is 4.74 Å². The number of H-pyrrole nitrogens is 1. The number of methoxy groups -OCH3 is 1. The lowest BCUT2D eigenvalue weighted by Crippen LogP contribution is -2.22. The molecule has 2 heterocycles. The lowest BCUT2D eigenvalue weighted by atomic mass is 10.1. The van der Waals surface area contributed by atoms with E-state index in [1.54, 1.807) is 28.8 Å². The number of nitrogens with one attached hydrogen (secondary N) is 1. The summed E-state index contributed by atoms with van der Waals surface area (Å²) < 4.78 is 48.6. The Labute approximate surface area is 169 Å². The van der Waals surface area contributed by atoms with Gasteiger partial charge in [-0.05, 0) is 43.3 Å². The van der Waals surface area contributed by atoms with E-state index < -0.39 is 22.7 Å². The van der Waals surface area contributed by atoms with Crippen LogP contribution >= 0.6 is 12.2 Å². The summed E-state index contributed by atoms with van der Waals surface area (Å²) in [4.78, 5) is 19.4. The van der Waals surface area contributed by atoms with E-state index in [0.717, 1.165) is 31.7 Å².